The molecule has 0 aliphatic heterocycles. The maximum atomic E-state index is 12.7. The van der Waals surface area contributed by atoms with Gasteiger partial charge in [-0.25, -0.2) is 13.2 Å². The molecule has 0 radical (unpaired) electrons. The molecule has 6 nitrogen and oxygen atoms in total. The lowest BCUT2D eigenvalue weighted by molar-refractivity contribution is 0.0701. The van der Waals surface area contributed by atoms with Crippen LogP contribution in [0.25, 0.3) is 0 Å². The SMILES string of the molecule is CCC(CC)N(CCO)S(=O)(=O)c1cc(C)c(C(=O)O)s1. The van der Waals surface area contributed by atoms with E-state index in [0.29, 0.717) is 18.4 Å². The molecule has 0 aromatic carbocycles. The van der Waals surface area contributed by atoms with Gasteiger partial charge in [-0.1, -0.05) is 13.8 Å². The molecule has 0 unspecified atom stereocenters. The van der Waals surface area contributed by atoms with Crippen LogP contribution in [0.3, 0.4) is 0 Å². The molecule has 120 valence electrons. The van der Waals surface area contributed by atoms with Crippen LogP contribution in [0.1, 0.15) is 41.9 Å². The van der Waals surface area contributed by atoms with Gasteiger partial charge in [0.25, 0.3) is 10.0 Å². The fraction of sp³-hybridized carbons (Fsp3) is 0.615. The normalized spacial score (nSPS) is 12.3. The molecule has 1 aromatic rings. The number of hydrogen-bond donors (Lipinski definition) is 2. The Morgan fingerprint density at radius 1 is 1.38 bits per heavy atom. The van der Waals surface area contributed by atoms with Gasteiger partial charge in [-0.2, -0.15) is 4.31 Å². The summed E-state index contributed by atoms with van der Waals surface area (Å²) in [5.74, 6) is -1.13. The highest BCUT2D eigenvalue weighted by Crippen LogP contribution is 2.30. The quantitative estimate of drug-likeness (QED) is 0.757. The van der Waals surface area contributed by atoms with E-state index in [1.807, 2.05) is 13.8 Å². The predicted molar refractivity (Wildman–Crippen MR) is 81.4 cm³/mol. The minimum Gasteiger partial charge on any atom is -0.477 e. The zero-order valence-corrected chi connectivity index (χ0v) is 14.0. The van der Waals surface area contributed by atoms with Gasteiger partial charge in [-0.05, 0) is 31.4 Å². The number of carboxylic acids is 1. The van der Waals surface area contributed by atoms with E-state index in [-0.39, 0.29) is 28.3 Å². The van der Waals surface area contributed by atoms with E-state index in [1.54, 1.807) is 6.92 Å². The molecule has 21 heavy (non-hydrogen) atoms. The van der Waals surface area contributed by atoms with E-state index >= 15 is 0 Å². The standard InChI is InChI=1S/C13H21NO5S2/c1-4-10(5-2)14(6-7-15)21(18,19)11-8-9(3)12(20-11)13(16)17/h8,10,15H,4-7H2,1-3H3,(H,16,17). The van der Waals surface area contributed by atoms with Crippen molar-refractivity contribution < 1.29 is 23.4 Å². The number of aliphatic hydroxyl groups is 1. The summed E-state index contributed by atoms with van der Waals surface area (Å²) in [6.07, 6.45) is 1.26. The maximum absolute atomic E-state index is 12.7. The Morgan fingerprint density at radius 3 is 2.33 bits per heavy atom. The van der Waals surface area contributed by atoms with Crippen molar-refractivity contribution in [1.82, 2.24) is 4.31 Å². The van der Waals surface area contributed by atoms with Crippen molar-refractivity contribution in [3.63, 3.8) is 0 Å². The minimum absolute atomic E-state index is 0.00797. The van der Waals surface area contributed by atoms with E-state index in [2.05, 4.69) is 0 Å². The third-order valence-corrected chi connectivity index (χ3v) is 6.95. The van der Waals surface area contributed by atoms with Gasteiger partial charge in [0.2, 0.25) is 0 Å². The van der Waals surface area contributed by atoms with Gasteiger partial charge in [-0.15, -0.1) is 11.3 Å². The fourth-order valence-electron chi connectivity index (χ4n) is 2.20. The largest absolute Gasteiger partial charge is 0.477 e. The molecule has 0 amide bonds. The Morgan fingerprint density at radius 2 is 1.95 bits per heavy atom. The van der Waals surface area contributed by atoms with Gasteiger partial charge in [0.1, 0.15) is 9.09 Å². The van der Waals surface area contributed by atoms with Crippen molar-refractivity contribution in [3.8, 4) is 0 Å². The summed E-state index contributed by atoms with van der Waals surface area (Å²) in [4.78, 5) is 11.1. The van der Waals surface area contributed by atoms with Crippen molar-refractivity contribution >= 4 is 27.3 Å². The van der Waals surface area contributed by atoms with Crippen molar-refractivity contribution in [2.24, 2.45) is 0 Å². The predicted octanol–water partition coefficient (Wildman–Crippen LogP) is 1.93. The van der Waals surface area contributed by atoms with E-state index in [4.69, 9.17) is 10.2 Å². The number of sulfonamides is 1. The van der Waals surface area contributed by atoms with Crippen molar-refractivity contribution in [2.45, 2.75) is 43.9 Å². The van der Waals surface area contributed by atoms with Gasteiger partial charge >= 0.3 is 5.97 Å². The number of aromatic carboxylic acids is 1. The maximum Gasteiger partial charge on any atom is 0.346 e. The number of aryl methyl sites for hydroxylation is 1. The smallest absolute Gasteiger partial charge is 0.346 e. The number of carboxylic acid groups (broad SMARTS) is 1. The highest BCUT2D eigenvalue weighted by Gasteiger charge is 2.31. The van der Waals surface area contributed by atoms with E-state index < -0.39 is 16.0 Å². The van der Waals surface area contributed by atoms with Crippen LogP contribution in [-0.4, -0.2) is 48.1 Å². The Balaban J connectivity index is 3.28. The second-order valence-corrected chi connectivity index (χ2v) is 7.86. The molecule has 0 aliphatic carbocycles. The third kappa shape index (κ3) is 3.82. The second kappa shape index (κ2) is 7.35. The molecular formula is C13H21NO5S2. The number of nitrogens with zero attached hydrogens (tertiary/aromatic N) is 1. The van der Waals surface area contributed by atoms with Crippen LogP contribution < -0.4 is 0 Å². The number of carbonyl (C=O) groups is 1. The molecule has 0 saturated carbocycles. The molecule has 8 heteroatoms. The Labute approximate surface area is 129 Å². The summed E-state index contributed by atoms with van der Waals surface area (Å²) in [5.41, 5.74) is 0.430. The van der Waals surface area contributed by atoms with E-state index in [0.717, 1.165) is 11.3 Å². The van der Waals surface area contributed by atoms with E-state index in [1.165, 1.54) is 10.4 Å². The molecule has 0 bridgehead atoms. The van der Waals surface area contributed by atoms with Gasteiger partial charge in [-0.3, -0.25) is 0 Å². The van der Waals surface area contributed by atoms with Gasteiger partial charge in [0, 0.05) is 12.6 Å². The lowest BCUT2D eigenvalue weighted by Gasteiger charge is -2.28. The molecule has 1 aromatic heterocycles. The van der Waals surface area contributed by atoms with E-state index in [9.17, 15) is 13.2 Å². The van der Waals surface area contributed by atoms with Crippen molar-refractivity contribution in [1.29, 1.82) is 0 Å². The monoisotopic (exact) mass is 335 g/mol. The summed E-state index contributed by atoms with van der Waals surface area (Å²) in [6, 6.07) is 1.17. The molecular weight excluding hydrogens is 314 g/mol. The summed E-state index contributed by atoms with van der Waals surface area (Å²) in [5, 5.41) is 18.2. The highest BCUT2D eigenvalue weighted by molar-refractivity contribution is 7.91. The van der Waals surface area contributed by atoms with Gasteiger partial charge in [0.15, 0.2) is 0 Å². The third-order valence-electron chi connectivity index (χ3n) is 3.32. The number of hydrogen-bond acceptors (Lipinski definition) is 5. The molecule has 2 N–H and O–H groups in total. The van der Waals surface area contributed by atoms with Crippen LogP contribution >= 0.6 is 11.3 Å². The number of thiophene rings is 1. The summed E-state index contributed by atoms with van der Waals surface area (Å²) in [7, 11) is -3.79. The zero-order chi connectivity index (χ0) is 16.2. The molecule has 0 saturated heterocycles. The second-order valence-electron chi connectivity index (χ2n) is 4.69. The molecule has 0 aliphatic rings. The molecule has 0 fully saturated rings. The van der Waals surface area contributed by atoms with Gasteiger partial charge < -0.3 is 10.2 Å². The summed E-state index contributed by atoms with van der Waals surface area (Å²) in [6.45, 7) is 5.08. The zero-order valence-electron chi connectivity index (χ0n) is 12.4. The average molecular weight is 335 g/mol. The lowest BCUT2D eigenvalue weighted by atomic mass is 10.2. The van der Waals surface area contributed by atoms with Crippen LogP contribution in [0.2, 0.25) is 0 Å². The fourth-order valence-corrected chi connectivity index (χ4v) is 5.47. The molecule has 1 rings (SSSR count). The Hall–Kier alpha value is -0.960. The van der Waals surface area contributed by atoms with Crippen molar-refractivity contribution in [3.05, 3.63) is 16.5 Å². The van der Waals surface area contributed by atoms with Crippen LogP contribution in [0.4, 0.5) is 0 Å². The van der Waals surface area contributed by atoms with Crippen molar-refractivity contribution in [2.75, 3.05) is 13.2 Å². The van der Waals surface area contributed by atoms with Crippen LogP contribution in [0.15, 0.2) is 10.3 Å². The molecule has 1 heterocycles. The van der Waals surface area contributed by atoms with Gasteiger partial charge in [0.05, 0.1) is 6.61 Å². The first kappa shape index (κ1) is 18.1. The Kier molecular flexibility index (Phi) is 6.33. The number of rotatable bonds is 8. The number of aliphatic hydroxyl groups excluding tert-OH is 1. The minimum atomic E-state index is -3.79. The highest BCUT2D eigenvalue weighted by atomic mass is 32.2. The topological polar surface area (TPSA) is 94.9 Å². The summed E-state index contributed by atoms with van der Waals surface area (Å²) < 4.78 is 26.7. The molecule has 0 atom stereocenters. The Bertz CT molecular complexity index is 590. The van der Waals surface area contributed by atoms with Crippen LogP contribution in [0.5, 0.6) is 0 Å². The average Bonchev–Trinajstić information content (AvgIpc) is 2.82. The first-order chi connectivity index (χ1) is 9.79. The van der Waals surface area contributed by atoms with Crippen LogP contribution in [0, 0.1) is 6.92 Å². The first-order valence-electron chi connectivity index (χ1n) is 6.75. The lowest BCUT2D eigenvalue weighted by Crippen LogP contribution is -2.41. The first-order valence-corrected chi connectivity index (χ1v) is 9.01. The van der Waals surface area contributed by atoms with Crippen LogP contribution in [-0.2, 0) is 10.0 Å². The summed E-state index contributed by atoms with van der Waals surface area (Å²) >= 11 is 0.756. The molecule has 0 spiro atoms.